The van der Waals surface area contributed by atoms with Crippen LogP contribution < -0.4 is 5.76 Å². The van der Waals surface area contributed by atoms with E-state index in [4.69, 9.17) is 4.42 Å². The highest BCUT2D eigenvalue weighted by molar-refractivity contribution is 5.79. The zero-order valence-corrected chi connectivity index (χ0v) is 10.6. The molecule has 98 valence electrons. The molecule has 0 amide bonds. The number of nitrogens with zero attached hydrogens (tertiary/aromatic N) is 3. The molecule has 3 heterocycles. The van der Waals surface area contributed by atoms with E-state index in [1.54, 1.807) is 10.6 Å². The van der Waals surface area contributed by atoms with Gasteiger partial charge in [-0.3, -0.25) is 4.98 Å². The van der Waals surface area contributed by atoms with Crippen molar-refractivity contribution < 1.29 is 4.42 Å². The van der Waals surface area contributed by atoms with Crippen LogP contribution in [0, 0.1) is 6.92 Å². The van der Waals surface area contributed by atoms with Gasteiger partial charge in [0.05, 0.1) is 23.1 Å². The van der Waals surface area contributed by atoms with Gasteiger partial charge in [0.15, 0.2) is 11.2 Å². The van der Waals surface area contributed by atoms with Gasteiger partial charge in [0.2, 0.25) is 0 Å². The second-order valence-corrected chi connectivity index (χ2v) is 4.63. The van der Waals surface area contributed by atoms with Crippen LogP contribution in [0.1, 0.15) is 5.69 Å². The zero-order valence-electron chi connectivity index (χ0n) is 10.6. The van der Waals surface area contributed by atoms with Gasteiger partial charge >= 0.3 is 5.76 Å². The number of hydrogen-bond acceptors (Lipinski definition) is 4. The number of aryl methyl sites for hydroxylation is 1. The summed E-state index contributed by atoms with van der Waals surface area (Å²) in [6.45, 7) is 1.93. The number of hydrogen-bond donors (Lipinski definition) is 1. The van der Waals surface area contributed by atoms with Crippen LogP contribution in [0.15, 0.2) is 45.7 Å². The molecule has 0 unspecified atom stereocenters. The molecule has 0 spiro atoms. The van der Waals surface area contributed by atoms with E-state index >= 15 is 0 Å². The number of aromatic amines is 1. The summed E-state index contributed by atoms with van der Waals surface area (Å²) in [7, 11) is 0. The van der Waals surface area contributed by atoms with Crippen molar-refractivity contribution in [2.24, 2.45) is 0 Å². The van der Waals surface area contributed by atoms with E-state index in [0.717, 1.165) is 22.6 Å². The number of aromatic nitrogens is 4. The summed E-state index contributed by atoms with van der Waals surface area (Å²) in [5.41, 5.74) is 4.64. The summed E-state index contributed by atoms with van der Waals surface area (Å²) in [6, 6.07) is 9.29. The predicted molar refractivity (Wildman–Crippen MR) is 73.6 cm³/mol. The Morgan fingerprint density at radius 3 is 3.05 bits per heavy atom. The van der Waals surface area contributed by atoms with Crippen LogP contribution in [-0.2, 0) is 0 Å². The van der Waals surface area contributed by atoms with Gasteiger partial charge in [0.25, 0.3) is 0 Å². The predicted octanol–water partition coefficient (Wildman–Crippen LogP) is 2.14. The maximum Gasteiger partial charge on any atom is 0.417 e. The molecular formula is C14H10N4O2. The Bertz CT molecular complexity index is 993. The first-order chi connectivity index (χ1) is 9.69. The first-order valence-corrected chi connectivity index (χ1v) is 6.15. The van der Waals surface area contributed by atoms with Crippen molar-refractivity contribution in [3.8, 4) is 11.3 Å². The lowest BCUT2D eigenvalue weighted by atomic mass is 10.1. The molecule has 4 aromatic rings. The average molecular weight is 266 g/mol. The molecule has 0 fully saturated rings. The molecule has 6 nitrogen and oxygen atoms in total. The quantitative estimate of drug-likeness (QED) is 0.572. The van der Waals surface area contributed by atoms with Gasteiger partial charge in [-0.2, -0.15) is 5.10 Å². The number of rotatable bonds is 1. The fourth-order valence-corrected chi connectivity index (χ4v) is 2.27. The number of fused-ring (bicyclic) bond motifs is 2. The Morgan fingerprint density at radius 1 is 1.25 bits per heavy atom. The Balaban J connectivity index is 1.92. The molecule has 1 aromatic carbocycles. The normalized spacial score (nSPS) is 11.4. The van der Waals surface area contributed by atoms with Crippen molar-refractivity contribution in [1.82, 2.24) is 19.6 Å². The van der Waals surface area contributed by atoms with Crippen LogP contribution in [0.4, 0.5) is 0 Å². The highest BCUT2D eigenvalue weighted by atomic mass is 16.4. The third kappa shape index (κ3) is 1.62. The van der Waals surface area contributed by atoms with E-state index in [-0.39, 0.29) is 0 Å². The molecule has 0 aliphatic heterocycles. The van der Waals surface area contributed by atoms with E-state index in [1.165, 1.54) is 0 Å². The number of oxazole rings is 1. The summed E-state index contributed by atoms with van der Waals surface area (Å²) >= 11 is 0. The molecule has 0 aliphatic carbocycles. The minimum absolute atomic E-state index is 0.453. The Kier molecular flexibility index (Phi) is 2.09. The van der Waals surface area contributed by atoms with Crippen LogP contribution in [0.25, 0.3) is 28.0 Å². The molecule has 0 aliphatic rings. The van der Waals surface area contributed by atoms with Gasteiger partial charge < -0.3 is 4.42 Å². The van der Waals surface area contributed by atoms with Crippen molar-refractivity contribution >= 4 is 16.7 Å². The first-order valence-electron chi connectivity index (χ1n) is 6.15. The SMILES string of the molecule is Cc1cn2nc(-c3ccc4oc(=O)[nH]c4c3)ccc2n1. The third-order valence-corrected chi connectivity index (χ3v) is 3.16. The molecule has 20 heavy (non-hydrogen) atoms. The monoisotopic (exact) mass is 266 g/mol. The summed E-state index contributed by atoms with van der Waals surface area (Å²) < 4.78 is 6.73. The molecular weight excluding hydrogens is 256 g/mol. The third-order valence-electron chi connectivity index (χ3n) is 3.16. The van der Waals surface area contributed by atoms with E-state index in [0.29, 0.717) is 11.1 Å². The Hall–Kier alpha value is -2.89. The van der Waals surface area contributed by atoms with Crippen molar-refractivity contribution in [2.45, 2.75) is 6.92 Å². The lowest BCUT2D eigenvalue weighted by Gasteiger charge is -2.01. The molecule has 1 N–H and O–H groups in total. The average Bonchev–Trinajstić information content (AvgIpc) is 2.97. The van der Waals surface area contributed by atoms with Gasteiger partial charge in [0, 0.05) is 5.56 Å². The summed E-state index contributed by atoms with van der Waals surface area (Å²) in [5.74, 6) is -0.453. The molecule has 0 saturated carbocycles. The lowest BCUT2D eigenvalue weighted by Crippen LogP contribution is -1.94. The maximum absolute atomic E-state index is 11.2. The van der Waals surface area contributed by atoms with Crippen LogP contribution >= 0.6 is 0 Å². The molecule has 0 bridgehead atoms. The molecule has 3 aromatic heterocycles. The van der Waals surface area contributed by atoms with E-state index in [2.05, 4.69) is 15.1 Å². The standard InChI is InChI=1S/C14H10N4O2/c1-8-7-18-13(15-8)5-3-10(17-18)9-2-4-12-11(6-9)16-14(19)20-12/h2-7H,1H3,(H,16,19). The van der Waals surface area contributed by atoms with Gasteiger partial charge in [-0.1, -0.05) is 0 Å². The van der Waals surface area contributed by atoms with Gasteiger partial charge in [-0.05, 0) is 37.3 Å². The highest BCUT2D eigenvalue weighted by Crippen LogP contribution is 2.21. The summed E-state index contributed by atoms with van der Waals surface area (Å²) in [5, 5.41) is 4.51. The minimum Gasteiger partial charge on any atom is -0.408 e. The topological polar surface area (TPSA) is 76.2 Å². The van der Waals surface area contributed by atoms with Crippen LogP contribution in [0.3, 0.4) is 0 Å². The fraction of sp³-hybridized carbons (Fsp3) is 0.0714. The summed E-state index contributed by atoms with van der Waals surface area (Å²) in [6.07, 6.45) is 1.87. The summed E-state index contributed by atoms with van der Waals surface area (Å²) in [4.78, 5) is 18.1. The van der Waals surface area contributed by atoms with Crippen molar-refractivity contribution in [2.75, 3.05) is 0 Å². The van der Waals surface area contributed by atoms with Crippen molar-refractivity contribution in [3.05, 3.63) is 52.8 Å². The Morgan fingerprint density at radius 2 is 2.15 bits per heavy atom. The molecule has 0 atom stereocenters. The molecule has 4 rings (SSSR count). The van der Waals surface area contributed by atoms with Crippen LogP contribution in [0.2, 0.25) is 0 Å². The molecule has 0 saturated heterocycles. The van der Waals surface area contributed by atoms with E-state index < -0.39 is 5.76 Å². The van der Waals surface area contributed by atoms with Crippen molar-refractivity contribution in [1.29, 1.82) is 0 Å². The second-order valence-electron chi connectivity index (χ2n) is 4.63. The second kappa shape index (κ2) is 3.80. The van der Waals surface area contributed by atoms with Crippen LogP contribution in [0.5, 0.6) is 0 Å². The number of nitrogens with one attached hydrogen (secondary N) is 1. The molecule has 6 heteroatoms. The molecule has 0 radical (unpaired) electrons. The number of H-pyrrole nitrogens is 1. The smallest absolute Gasteiger partial charge is 0.408 e. The number of benzene rings is 1. The number of imidazole rings is 1. The van der Waals surface area contributed by atoms with Crippen molar-refractivity contribution in [3.63, 3.8) is 0 Å². The lowest BCUT2D eigenvalue weighted by molar-refractivity contribution is 0.555. The maximum atomic E-state index is 11.2. The van der Waals surface area contributed by atoms with Gasteiger partial charge in [-0.25, -0.2) is 14.3 Å². The highest BCUT2D eigenvalue weighted by Gasteiger charge is 2.06. The van der Waals surface area contributed by atoms with Gasteiger partial charge in [-0.15, -0.1) is 0 Å². The minimum atomic E-state index is -0.453. The van der Waals surface area contributed by atoms with E-state index in [9.17, 15) is 4.79 Å². The van der Waals surface area contributed by atoms with Gasteiger partial charge in [0.1, 0.15) is 0 Å². The fourth-order valence-electron chi connectivity index (χ4n) is 2.27. The van der Waals surface area contributed by atoms with Crippen LogP contribution in [-0.4, -0.2) is 19.6 Å². The zero-order chi connectivity index (χ0) is 13.7. The first kappa shape index (κ1) is 11.0. The van der Waals surface area contributed by atoms with E-state index in [1.807, 2.05) is 37.4 Å². The Labute approximate surface area is 112 Å². The largest absolute Gasteiger partial charge is 0.417 e.